The third-order valence-electron chi connectivity index (χ3n) is 3.47. The standard InChI is InChI=1S/C13H18N2O6.3Ac/c1-5-3-4-14-7(8(5)16)12(20)15-13-11(19)10(18)9(17)6(2)21-13;;;/h3-4,6,9-11,13,16-19H,1-2H3,(H,15,20);;;/t6-,9+,10-,11+,13-;;;/m0.../s1. The Labute approximate surface area is 247 Å². The maximum absolute atomic E-state index is 12.1. The number of aryl methyl sites for hydroxylation is 1. The molecule has 0 aliphatic carbocycles. The van der Waals surface area contributed by atoms with Crippen LogP contribution in [-0.2, 0) is 4.74 Å². The van der Waals surface area contributed by atoms with Crippen LogP contribution in [0.5, 0.6) is 5.75 Å². The third kappa shape index (κ3) is 6.88. The molecule has 0 spiro atoms. The fraction of sp³-hybridized carbons (Fsp3) is 0.538. The van der Waals surface area contributed by atoms with Crippen LogP contribution in [0.3, 0.4) is 0 Å². The van der Waals surface area contributed by atoms with Gasteiger partial charge in [-0.1, -0.05) is 0 Å². The Morgan fingerprint density at radius 3 is 2.33 bits per heavy atom. The molecule has 5 N–H and O–H groups in total. The fourth-order valence-corrected chi connectivity index (χ4v) is 2.08. The molecule has 2 rings (SSSR count). The number of ether oxygens (including phenoxy) is 1. The summed E-state index contributed by atoms with van der Waals surface area (Å²) in [5.41, 5.74) is 0.267. The van der Waals surface area contributed by atoms with Gasteiger partial charge in [0.1, 0.15) is 24.1 Å². The van der Waals surface area contributed by atoms with Gasteiger partial charge in [-0.05, 0) is 25.5 Å². The van der Waals surface area contributed by atoms with Crippen molar-refractivity contribution < 1.29 is 162 Å². The van der Waals surface area contributed by atoms with Gasteiger partial charge in [0.15, 0.2) is 11.9 Å². The Morgan fingerprint density at radius 1 is 1.17 bits per heavy atom. The van der Waals surface area contributed by atoms with Gasteiger partial charge in [-0.25, -0.2) is 4.98 Å². The molecule has 3 radical (unpaired) electrons. The average molecular weight is 979 g/mol. The van der Waals surface area contributed by atoms with Gasteiger partial charge in [0.2, 0.25) is 0 Å². The second kappa shape index (κ2) is 12.9. The number of carbonyl (C=O) groups excluding carboxylic acids is 1. The summed E-state index contributed by atoms with van der Waals surface area (Å²) in [5, 5.41) is 41.2. The molecule has 0 bridgehead atoms. The molecule has 0 unspecified atom stereocenters. The summed E-state index contributed by atoms with van der Waals surface area (Å²) in [6, 6.07) is 1.54. The minimum atomic E-state index is -1.49. The molecule has 1 amide bonds. The summed E-state index contributed by atoms with van der Waals surface area (Å²) in [6.07, 6.45) is -4.81. The van der Waals surface area contributed by atoms with Gasteiger partial charge in [0.05, 0.1) is 6.10 Å². The van der Waals surface area contributed by atoms with Crippen molar-refractivity contribution in [2.24, 2.45) is 0 Å². The summed E-state index contributed by atoms with van der Waals surface area (Å²) in [6.45, 7) is 3.11. The summed E-state index contributed by atoms with van der Waals surface area (Å²) in [7, 11) is 0. The molecule has 1 aliphatic rings. The van der Waals surface area contributed by atoms with Crippen molar-refractivity contribution in [1.82, 2.24) is 10.3 Å². The van der Waals surface area contributed by atoms with Gasteiger partial charge >= 0.3 is 0 Å². The smallest absolute Gasteiger partial charge is 0.275 e. The number of pyridine rings is 1. The molecule has 11 heteroatoms. The van der Waals surface area contributed by atoms with Crippen molar-refractivity contribution in [1.29, 1.82) is 0 Å². The second-order valence-corrected chi connectivity index (χ2v) is 5.03. The van der Waals surface area contributed by atoms with E-state index in [4.69, 9.17) is 4.74 Å². The number of carbonyl (C=O) groups is 1. The first-order valence-electron chi connectivity index (χ1n) is 6.48. The Morgan fingerprint density at radius 2 is 1.75 bits per heavy atom. The largest absolute Gasteiger partial charge is 0.505 e. The van der Waals surface area contributed by atoms with Crippen molar-refractivity contribution in [2.45, 2.75) is 44.5 Å². The fourth-order valence-electron chi connectivity index (χ4n) is 2.08. The van der Waals surface area contributed by atoms with E-state index in [1.54, 1.807) is 13.0 Å². The number of nitrogens with one attached hydrogen (secondary N) is 1. The zero-order valence-electron chi connectivity index (χ0n) is 13.3. The number of nitrogens with zero attached hydrogens (tertiary/aromatic N) is 1. The van der Waals surface area contributed by atoms with Crippen LogP contribution in [0, 0.1) is 139 Å². The van der Waals surface area contributed by atoms with Crippen LogP contribution in [0.25, 0.3) is 0 Å². The first kappa shape index (κ1) is 28.8. The van der Waals surface area contributed by atoms with Crippen LogP contribution in [0.4, 0.5) is 0 Å². The summed E-state index contributed by atoms with van der Waals surface area (Å²) >= 11 is 0. The normalized spacial score (nSPS) is 28.6. The second-order valence-electron chi connectivity index (χ2n) is 5.03. The topological polar surface area (TPSA) is 132 Å². The summed E-state index contributed by atoms with van der Waals surface area (Å²) in [4.78, 5) is 15.8. The molecule has 24 heavy (non-hydrogen) atoms. The zero-order chi connectivity index (χ0) is 15.7. The molecule has 0 saturated carbocycles. The monoisotopic (exact) mass is 979 g/mol. The number of hydrogen-bond donors (Lipinski definition) is 5. The van der Waals surface area contributed by atoms with Crippen molar-refractivity contribution in [3.05, 3.63) is 23.5 Å². The van der Waals surface area contributed by atoms with Gasteiger partial charge in [0.25, 0.3) is 5.91 Å². The van der Waals surface area contributed by atoms with E-state index in [0.29, 0.717) is 5.56 Å². The van der Waals surface area contributed by atoms with E-state index >= 15 is 0 Å². The van der Waals surface area contributed by atoms with Crippen molar-refractivity contribution in [2.75, 3.05) is 0 Å². The number of aliphatic hydroxyl groups excluding tert-OH is 3. The number of aromatic hydroxyl groups is 1. The quantitative estimate of drug-likeness (QED) is 0.248. The maximum Gasteiger partial charge on any atom is 0.275 e. The van der Waals surface area contributed by atoms with Crippen molar-refractivity contribution in [3.63, 3.8) is 0 Å². The van der Waals surface area contributed by atoms with Crippen LogP contribution in [0.15, 0.2) is 12.3 Å². The Bertz CT molecular complexity index is 550. The number of amides is 1. The minimum absolute atomic E-state index is 0. The van der Waals surface area contributed by atoms with Crippen LogP contribution in [0.1, 0.15) is 23.0 Å². The van der Waals surface area contributed by atoms with E-state index in [1.807, 2.05) is 0 Å². The Kier molecular flexibility index (Phi) is 15.5. The van der Waals surface area contributed by atoms with Gasteiger partial charge in [-0.2, -0.15) is 0 Å². The van der Waals surface area contributed by atoms with E-state index in [9.17, 15) is 25.2 Å². The van der Waals surface area contributed by atoms with Gasteiger partial charge in [-0.15, -0.1) is 0 Å². The molecule has 1 aromatic rings. The third-order valence-corrected chi connectivity index (χ3v) is 3.47. The SMILES string of the molecule is Cc1ccnc(C(=O)N[C@H]2O[C@@H](C)[C@@H](O)[C@H](O)[C@H]2O)c1O.[Ac].[Ac].[Ac]. The molecule has 1 aliphatic heterocycles. The molecule has 1 aromatic heterocycles. The average Bonchev–Trinajstić information content (AvgIpc) is 2.45. The van der Waals surface area contributed by atoms with Crippen molar-refractivity contribution in [3.8, 4) is 5.75 Å². The number of aliphatic hydroxyl groups is 3. The summed E-state index contributed by atoms with van der Waals surface area (Å²) in [5.74, 6) is -1.02. The van der Waals surface area contributed by atoms with E-state index < -0.39 is 36.6 Å². The van der Waals surface area contributed by atoms with Gasteiger partial charge in [0, 0.05) is 138 Å². The molecule has 8 nitrogen and oxygen atoms in total. The number of aromatic nitrogens is 1. The number of hydrogen-bond acceptors (Lipinski definition) is 7. The van der Waals surface area contributed by atoms with Crippen LogP contribution in [0.2, 0.25) is 0 Å². The molecule has 1 saturated heterocycles. The minimum Gasteiger partial charge on any atom is -0.505 e. The maximum atomic E-state index is 12.1. The predicted molar refractivity (Wildman–Crippen MR) is 70.5 cm³/mol. The van der Waals surface area contributed by atoms with Crippen LogP contribution in [-0.4, -0.2) is 62.0 Å². The molecule has 5 atom stereocenters. The molecular formula is C13H18Ac3N2O6. The number of rotatable bonds is 2. The first-order chi connectivity index (χ1) is 9.82. The van der Waals surface area contributed by atoms with Gasteiger partial charge in [-0.3, -0.25) is 4.79 Å². The predicted octanol–water partition coefficient (Wildman–Crippen LogP) is -1.35. The summed E-state index contributed by atoms with van der Waals surface area (Å²) < 4.78 is 5.24. The molecule has 1 fully saturated rings. The van der Waals surface area contributed by atoms with E-state index in [2.05, 4.69) is 10.3 Å². The molecular weight excluding hydrogens is 961 g/mol. The van der Waals surface area contributed by atoms with Crippen molar-refractivity contribution >= 4 is 5.91 Å². The Hall–Kier alpha value is 2.58. The Balaban J connectivity index is 0. The zero-order valence-corrected chi connectivity index (χ0v) is 27.6. The van der Waals surface area contributed by atoms with E-state index in [1.165, 1.54) is 13.1 Å². The van der Waals surface area contributed by atoms with E-state index in [0.717, 1.165) is 0 Å². The molecule has 0 aromatic carbocycles. The molecule has 125 valence electrons. The van der Waals surface area contributed by atoms with Crippen LogP contribution < -0.4 is 5.32 Å². The molecule has 2 heterocycles. The van der Waals surface area contributed by atoms with E-state index in [-0.39, 0.29) is 144 Å². The first-order valence-corrected chi connectivity index (χ1v) is 6.48. The van der Waals surface area contributed by atoms with Gasteiger partial charge < -0.3 is 30.5 Å². The van der Waals surface area contributed by atoms with Crippen LogP contribution >= 0.6 is 0 Å².